The number of aromatic nitrogens is 2. The van der Waals surface area contributed by atoms with Gasteiger partial charge in [-0.15, -0.1) is 0 Å². The molecule has 0 unspecified atom stereocenters. The SMILES string of the molecule is CCc1ccc(-c2noc([C@H]3NCCO[C@@H]3C)n2)cc1. The van der Waals surface area contributed by atoms with Crippen LogP contribution in [0.3, 0.4) is 0 Å². The number of rotatable bonds is 3. The van der Waals surface area contributed by atoms with Gasteiger partial charge in [0.15, 0.2) is 0 Å². The number of nitrogens with zero attached hydrogens (tertiary/aromatic N) is 2. The summed E-state index contributed by atoms with van der Waals surface area (Å²) in [4.78, 5) is 4.49. The Bertz CT molecular complexity index is 565. The monoisotopic (exact) mass is 273 g/mol. The maximum atomic E-state index is 5.60. The van der Waals surface area contributed by atoms with Crippen molar-refractivity contribution in [1.82, 2.24) is 15.5 Å². The third-order valence-corrected chi connectivity index (χ3v) is 3.64. The first-order valence-electron chi connectivity index (χ1n) is 7.06. The lowest BCUT2D eigenvalue weighted by molar-refractivity contribution is -0.00136. The summed E-state index contributed by atoms with van der Waals surface area (Å²) in [6, 6.07) is 8.22. The van der Waals surface area contributed by atoms with Gasteiger partial charge in [0.05, 0.1) is 12.7 Å². The van der Waals surface area contributed by atoms with E-state index in [-0.39, 0.29) is 12.1 Å². The van der Waals surface area contributed by atoms with Gasteiger partial charge in [-0.05, 0) is 18.9 Å². The van der Waals surface area contributed by atoms with E-state index < -0.39 is 0 Å². The maximum absolute atomic E-state index is 5.60. The van der Waals surface area contributed by atoms with Gasteiger partial charge < -0.3 is 14.6 Å². The second-order valence-corrected chi connectivity index (χ2v) is 5.01. The van der Waals surface area contributed by atoms with E-state index in [1.807, 2.05) is 19.1 Å². The number of morpholine rings is 1. The molecular weight excluding hydrogens is 254 g/mol. The van der Waals surface area contributed by atoms with Gasteiger partial charge in [-0.25, -0.2) is 0 Å². The molecule has 5 nitrogen and oxygen atoms in total. The highest BCUT2D eigenvalue weighted by atomic mass is 16.5. The van der Waals surface area contributed by atoms with Crippen molar-refractivity contribution in [2.24, 2.45) is 0 Å². The molecule has 1 aromatic carbocycles. The Morgan fingerprint density at radius 1 is 1.30 bits per heavy atom. The molecule has 3 rings (SSSR count). The highest BCUT2D eigenvalue weighted by molar-refractivity contribution is 5.54. The van der Waals surface area contributed by atoms with Gasteiger partial charge in [-0.1, -0.05) is 36.3 Å². The molecule has 1 fully saturated rings. The molecule has 2 aromatic rings. The lowest BCUT2D eigenvalue weighted by Gasteiger charge is -2.27. The summed E-state index contributed by atoms with van der Waals surface area (Å²) in [5.74, 6) is 1.22. The van der Waals surface area contributed by atoms with Gasteiger partial charge in [0.2, 0.25) is 11.7 Å². The van der Waals surface area contributed by atoms with Crippen LogP contribution in [0.25, 0.3) is 11.4 Å². The van der Waals surface area contributed by atoms with Crippen molar-refractivity contribution < 1.29 is 9.26 Å². The van der Waals surface area contributed by atoms with Gasteiger partial charge in [0.1, 0.15) is 6.04 Å². The maximum Gasteiger partial charge on any atom is 0.246 e. The van der Waals surface area contributed by atoms with E-state index in [0.717, 1.165) is 25.1 Å². The Balaban J connectivity index is 1.81. The third kappa shape index (κ3) is 2.59. The molecule has 2 heterocycles. The Labute approximate surface area is 118 Å². The average molecular weight is 273 g/mol. The fourth-order valence-electron chi connectivity index (χ4n) is 2.38. The van der Waals surface area contributed by atoms with Crippen molar-refractivity contribution in [3.05, 3.63) is 35.7 Å². The molecule has 0 aliphatic carbocycles. The molecule has 1 saturated heterocycles. The van der Waals surface area contributed by atoms with Crippen LogP contribution in [0.1, 0.15) is 31.3 Å². The van der Waals surface area contributed by atoms with Crippen LogP contribution in [0, 0.1) is 0 Å². The lowest BCUT2D eigenvalue weighted by Crippen LogP contribution is -2.40. The zero-order valence-corrected chi connectivity index (χ0v) is 11.8. The van der Waals surface area contributed by atoms with Crippen molar-refractivity contribution >= 4 is 0 Å². The van der Waals surface area contributed by atoms with Crippen LogP contribution in [0.15, 0.2) is 28.8 Å². The molecule has 1 N–H and O–H groups in total. The number of benzene rings is 1. The summed E-state index contributed by atoms with van der Waals surface area (Å²) in [5, 5.41) is 7.42. The number of hydrogen-bond acceptors (Lipinski definition) is 5. The summed E-state index contributed by atoms with van der Waals surface area (Å²) in [7, 11) is 0. The zero-order chi connectivity index (χ0) is 13.9. The Kier molecular flexibility index (Phi) is 3.80. The minimum absolute atomic E-state index is 0.0279. The van der Waals surface area contributed by atoms with Crippen molar-refractivity contribution in [3.63, 3.8) is 0 Å². The molecule has 20 heavy (non-hydrogen) atoms. The lowest BCUT2D eigenvalue weighted by atomic mass is 10.1. The van der Waals surface area contributed by atoms with Gasteiger partial charge in [0.25, 0.3) is 0 Å². The molecule has 5 heteroatoms. The number of aryl methyl sites for hydroxylation is 1. The number of nitrogens with one attached hydrogen (secondary N) is 1. The predicted octanol–water partition coefficient (Wildman–Crippen LogP) is 2.35. The second-order valence-electron chi connectivity index (χ2n) is 5.01. The topological polar surface area (TPSA) is 60.2 Å². The molecule has 1 aliphatic heterocycles. The summed E-state index contributed by atoms with van der Waals surface area (Å²) < 4.78 is 11.0. The van der Waals surface area contributed by atoms with Crippen molar-refractivity contribution in [2.45, 2.75) is 32.4 Å². The van der Waals surface area contributed by atoms with Gasteiger partial charge in [0, 0.05) is 12.1 Å². The highest BCUT2D eigenvalue weighted by Gasteiger charge is 2.28. The Morgan fingerprint density at radius 3 is 2.80 bits per heavy atom. The number of ether oxygens (including phenoxy) is 1. The normalized spacial score (nSPS) is 22.9. The average Bonchev–Trinajstić information content (AvgIpc) is 2.97. The van der Waals surface area contributed by atoms with E-state index in [4.69, 9.17) is 9.26 Å². The van der Waals surface area contributed by atoms with Crippen LogP contribution in [-0.4, -0.2) is 29.4 Å². The van der Waals surface area contributed by atoms with Crippen molar-refractivity contribution in [3.8, 4) is 11.4 Å². The Hall–Kier alpha value is -1.72. The molecule has 1 aliphatic rings. The van der Waals surface area contributed by atoms with Crippen molar-refractivity contribution in [2.75, 3.05) is 13.2 Å². The number of hydrogen-bond donors (Lipinski definition) is 1. The third-order valence-electron chi connectivity index (χ3n) is 3.64. The summed E-state index contributed by atoms with van der Waals surface area (Å²) in [6.45, 7) is 5.67. The summed E-state index contributed by atoms with van der Waals surface area (Å²) in [6.07, 6.45) is 1.07. The zero-order valence-electron chi connectivity index (χ0n) is 11.8. The molecule has 0 spiro atoms. The highest BCUT2D eigenvalue weighted by Crippen LogP contribution is 2.23. The standard InChI is InChI=1S/C15H19N3O2/c1-3-11-4-6-12(7-5-11)14-17-15(20-18-14)13-10(2)19-9-8-16-13/h4-7,10,13,16H,3,8-9H2,1-2H3/t10-,13+/m1/s1. The molecule has 1 aromatic heterocycles. The van der Waals surface area contributed by atoms with Crippen LogP contribution >= 0.6 is 0 Å². The first-order valence-corrected chi connectivity index (χ1v) is 7.06. The van der Waals surface area contributed by atoms with E-state index in [1.54, 1.807) is 0 Å². The van der Waals surface area contributed by atoms with Crippen LogP contribution in [0.2, 0.25) is 0 Å². The molecule has 0 radical (unpaired) electrons. The van der Waals surface area contributed by atoms with Gasteiger partial charge in [-0.3, -0.25) is 0 Å². The summed E-state index contributed by atoms with van der Waals surface area (Å²) >= 11 is 0. The smallest absolute Gasteiger partial charge is 0.246 e. The minimum Gasteiger partial charge on any atom is -0.375 e. The van der Waals surface area contributed by atoms with E-state index in [0.29, 0.717) is 11.7 Å². The quantitative estimate of drug-likeness (QED) is 0.930. The molecule has 0 saturated carbocycles. The van der Waals surface area contributed by atoms with E-state index in [9.17, 15) is 0 Å². The van der Waals surface area contributed by atoms with E-state index in [1.165, 1.54) is 5.56 Å². The minimum atomic E-state index is -0.0279. The van der Waals surface area contributed by atoms with Crippen LogP contribution in [0.5, 0.6) is 0 Å². The predicted molar refractivity (Wildman–Crippen MR) is 75.3 cm³/mol. The first-order chi connectivity index (χ1) is 9.78. The fourth-order valence-corrected chi connectivity index (χ4v) is 2.38. The first kappa shape index (κ1) is 13.3. The molecule has 2 atom stereocenters. The van der Waals surface area contributed by atoms with Crippen LogP contribution in [-0.2, 0) is 11.2 Å². The molecule has 0 amide bonds. The summed E-state index contributed by atoms with van der Waals surface area (Å²) in [5.41, 5.74) is 2.27. The van der Waals surface area contributed by atoms with E-state index in [2.05, 4.69) is 34.5 Å². The van der Waals surface area contributed by atoms with Gasteiger partial charge >= 0.3 is 0 Å². The van der Waals surface area contributed by atoms with Gasteiger partial charge in [-0.2, -0.15) is 4.98 Å². The van der Waals surface area contributed by atoms with Crippen LogP contribution < -0.4 is 5.32 Å². The van der Waals surface area contributed by atoms with Crippen molar-refractivity contribution in [1.29, 1.82) is 0 Å². The molecule has 0 bridgehead atoms. The van der Waals surface area contributed by atoms with E-state index >= 15 is 0 Å². The second kappa shape index (κ2) is 5.73. The largest absolute Gasteiger partial charge is 0.375 e. The molecular formula is C15H19N3O2. The van der Waals surface area contributed by atoms with Crippen LogP contribution in [0.4, 0.5) is 0 Å². The fraction of sp³-hybridized carbons (Fsp3) is 0.467. The Morgan fingerprint density at radius 2 is 2.10 bits per heavy atom. The molecule has 106 valence electrons.